The molecule has 3 nitrogen and oxygen atoms in total. The normalized spacial score (nSPS) is 24.2. The maximum absolute atomic E-state index is 9.30. The van der Waals surface area contributed by atoms with Crippen LogP contribution < -0.4 is 4.74 Å². The van der Waals surface area contributed by atoms with Crippen LogP contribution in [0.15, 0.2) is 24.3 Å². The van der Waals surface area contributed by atoms with E-state index in [0.29, 0.717) is 0 Å². The van der Waals surface area contributed by atoms with Crippen LogP contribution in [-0.4, -0.2) is 24.4 Å². The van der Waals surface area contributed by atoms with Gasteiger partial charge in [-0.05, 0) is 38.0 Å². The molecule has 1 aliphatic heterocycles. The highest BCUT2D eigenvalue weighted by Crippen LogP contribution is 2.35. The minimum Gasteiger partial charge on any atom is -0.491 e. The predicted octanol–water partition coefficient (Wildman–Crippen LogP) is 2.54. The summed E-state index contributed by atoms with van der Waals surface area (Å²) in [5.74, 6) is 1.08. The van der Waals surface area contributed by atoms with Gasteiger partial charge in [0.2, 0.25) is 0 Å². The summed E-state index contributed by atoms with van der Waals surface area (Å²) in [6, 6.07) is 7.97. The van der Waals surface area contributed by atoms with E-state index in [-0.39, 0.29) is 24.7 Å². The molecule has 1 fully saturated rings. The molecular weight excluding hydrogens is 216 g/mol. The van der Waals surface area contributed by atoms with Crippen LogP contribution >= 0.6 is 0 Å². The maximum Gasteiger partial charge on any atom is 0.120 e. The van der Waals surface area contributed by atoms with Gasteiger partial charge in [0, 0.05) is 19.1 Å². The summed E-state index contributed by atoms with van der Waals surface area (Å²) in [5.41, 5.74) is 1.10. The van der Waals surface area contributed by atoms with E-state index in [1.54, 1.807) is 0 Å². The van der Waals surface area contributed by atoms with Gasteiger partial charge in [-0.2, -0.15) is 0 Å². The minimum absolute atomic E-state index is 0.00992. The van der Waals surface area contributed by atoms with Crippen LogP contribution in [0.3, 0.4) is 0 Å². The summed E-state index contributed by atoms with van der Waals surface area (Å²) in [6.45, 7) is 4.93. The highest BCUT2D eigenvalue weighted by molar-refractivity contribution is 5.30. The lowest BCUT2D eigenvalue weighted by atomic mass is 9.96. The first kappa shape index (κ1) is 12.4. The molecule has 1 heterocycles. The lowest BCUT2D eigenvalue weighted by molar-refractivity contribution is 0.0717. The molecule has 2 atom stereocenters. The number of ether oxygens (including phenoxy) is 2. The van der Waals surface area contributed by atoms with Crippen molar-refractivity contribution in [1.82, 2.24) is 0 Å². The first-order valence-electron chi connectivity index (χ1n) is 6.20. The second kappa shape index (κ2) is 5.52. The Hall–Kier alpha value is -1.06. The number of hydrogen-bond donors (Lipinski definition) is 1. The fourth-order valence-electron chi connectivity index (χ4n) is 2.23. The zero-order valence-electron chi connectivity index (χ0n) is 10.4. The van der Waals surface area contributed by atoms with Crippen molar-refractivity contribution in [3.05, 3.63) is 29.8 Å². The molecule has 3 heteroatoms. The van der Waals surface area contributed by atoms with Crippen molar-refractivity contribution in [1.29, 1.82) is 0 Å². The molecule has 2 rings (SSSR count). The Morgan fingerprint density at radius 3 is 3.00 bits per heavy atom. The lowest BCUT2D eigenvalue weighted by Gasteiger charge is -2.18. The van der Waals surface area contributed by atoms with Crippen LogP contribution in [0.4, 0.5) is 0 Å². The number of rotatable bonds is 4. The monoisotopic (exact) mass is 236 g/mol. The highest BCUT2D eigenvalue weighted by Gasteiger charge is 2.29. The van der Waals surface area contributed by atoms with Crippen molar-refractivity contribution < 1.29 is 14.6 Å². The molecule has 1 saturated heterocycles. The van der Waals surface area contributed by atoms with E-state index in [1.807, 2.05) is 38.1 Å². The highest BCUT2D eigenvalue weighted by atomic mass is 16.5. The molecule has 0 radical (unpaired) electrons. The van der Waals surface area contributed by atoms with Crippen LogP contribution in [0, 0.1) is 5.92 Å². The van der Waals surface area contributed by atoms with Crippen molar-refractivity contribution in [2.45, 2.75) is 32.5 Å². The Bertz CT molecular complexity index is 362. The SMILES string of the molecule is CC(C)Oc1cccc(C2OCCC2CO)c1. The zero-order chi connectivity index (χ0) is 12.3. The standard InChI is InChI=1S/C14H20O3/c1-10(2)17-13-5-3-4-11(8-13)14-12(9-15)6-7-16-14/h3-5,8,10,12,14-15H,6-7,9H2,1-2H3. The maximum atomic E-state index is 9.30. The number of aliphatic hydroxyl groups excluding tert-OH is 1. The molecule has 0 saturated carbocycles. The Morgan fingerprint density at radius 1 is 1.47 bits per heavy atom. The summed E-state index contributed by atoms with van der Waals surface area (Å²) >= 11 is 0. The molecule has 17 heavy (non-hydrogen) atoms. The number of benzene rings is 1. The summed E-state index contributed by atoms with van der Waals surface area (Å²) in [4.78, 5) is 0. The third-order valence-electron chi connectivity index (χ3n) is 3.01. The van der Waals surface area contributed by atoms with Gasteiger partial charge < -0.3 is 14.6 Å². The summed E-state index contributed by atoms with van der Waals surface area (Å²) < 4.78 is 11.4. The van der Waals surface area contributed by atoms with E-state index in [2.05, 4.69) is 0 Å². The van der Waals surface area contributed by atoms with Crippen molar-refractivity contribution in [3.63, 3.8) is 0 Å². The van der Waals surface area contributed by atoms with Gasteiger partial charge in [-0.3, -0.25) is 0 Å². The van der Waals surface area contributed by atoms with Crippen LogP contribution in [0.25, 0.3) is 0 Å². The molecule has 2 unspecified atom stereocenters. The summed E-state index contributed by atoms with van der Waals surface area (Å²) in [7, 11) is 0. The van der Waals surface area contributed by atoms with Crippen molar-refractivity contribution in [3.8, 4) is 5.75 Å². The number of hydrogen-bond acceptors (Lipinski definition) is 3. The Labute approximate surface area is 102 Å². The van der Waals surface area contributed by atoms with Crippen LogP contribution in [0.5, 0.6) is 5.75 Å². The van der Waals surface area contributed by atoms with E-state index in [1.165, 1.54) is 0 Å². The van der Waals surface area contributed by atoms with Crippen LogP contribution in [0.2, 0.25) is 0 Å². The topological polar surface area (TPSA) is 38.7 Å². The fourth-order valence-corrected chi connectivity index (χ4v) is 2.23. The third-order valence-corrected chi connectivity index (χ3v) is 3.01. The van der Waals surface area contributed by atoms with Gasteiger partial charge in [0.25, 0.3) is 0 Å². The molecule has 0 aromatic heterocycles. The Kier molecular flexibility index (Phi) is 4.02. The van der Waals surface area contributed by atoms with Crippen LogP contribution in [0.1, 0.15) is 31.9 Å². The fraction of sp³-hybridized carbons (Fsp3) is 0.571. The van der Waals surface area contributed by atoms with Crippen molar-refractivity contribution >= 4 is 0 Å². The summed E-state index contributed by atoms with van der Waals surface area (Å²) in [6.07, 6.45) is 1.11. The van der Waals surface area contributed by atoms with Gasteiger partial charge in [-0.15, -0.1) is 0 Å². The minimum atomic E-state index is 0.00992. The van der Waals surface area contributed by atoms with Crippen molar-refractivity contribution in [2.24, 2.45) is 5.92 Å². The molecule has 0 amide bonds. The van der Waals surface area contributed by atoms with E-state index < -0.39 is 0 Å². The molecule has 0 bridgehead atoms. The van der Waals surface area contributed by atoms with Gasteiger partial charge in [0.15, 0.2) is 0 Å². The first-order chi connectivity index (χ1) is 8.20. The van der Waals surface area contributed by atoms with E-state index in [9.17, 15) is 5.11 Å². The van der Waals surface area contributed by atoms with Crippen molar-refractivity contribution in [2.75, 3.05) is 13.2 Å². The third kappa shape index (κ3) is 2.99. The molecule has 94 valence electrons. The van der Waals surface area contributed by atoms with Gasteiger partial charge in [0.1, 0.15) is 5.75 Å². The number of aliphatic hydroxyl groups is 1. The average Bonchev–Trinajstić information content (AvgIpc) is 2.76. The van der Waals surface area contributed by atoms with Gasteiger partial charge in [-0.1, -0.05) is 12.1 Å². The average molecular weight is 236 g/mol. The molecular formula is C14H20O3. The first-order valence-corrected chi connectivity index (χ1v) is 6.20. The van der Waals surface area contributed by atoms with E-state index in [0.717, 1.165) is 24.3 Å². The van der Waals surface area contributed by atoms with Crippen LogP contribution in [-0.2, 0) is 4.74 Å². The van der Waals surface area contributed by atoms with Gasteiger partial charge in [-0.25, -0.2) is 0 Å². The Morgan fingerprint density at radius 2 is 2.29 bits per heavy atom. The lowest BCUT2D eigenvalue weighted by Crippen LogP contribution is -2.12. The predicted molar refractivity (Wildman–Crippen MR) is 66.1 cm³/mol. The second-order valence-electron chi connectivity index (χ2n) is 4.76. The second-order valence-corrected chi connectivity index (χ2v) is 4.76. The van der Waals surface area contributed by atoms with Gasteiger partial charge >= 0.3 is 0 Å². The zero-order valence-corrected chi connectivity index (χ0v) is 10.4. The Balaban J connectivity index is 2.15. The molecule has 1 aromatic carbocycles. The quantitative estimate of drug-likeness (QED) is 0.873. The largest absolute Gasteiger partial charge is 0.491 e. The molecule has 1 aromatic rings. The molecule has 1 aliphatic rings. The van der Waals surface area contributed by atoms with Gasteiger partial charge in [0.05, 0.1) is 12.2 Å². The molecule has 1 N–H and O–H groups in total. The van der Waals surface area contributed by atoms with E-state index >= 15 is 0 Å². The molecule has 0 aliphatic carbocycles. The molecule has 0 spiro atoms. The summed E-state index contributed by atoms with van der Waals surface area (Å²) in [5, 5.41) is 9.30. The smallest absolute Gasteiger partial charge is 0.120 e. The van der Waals surface area contributed by atoms with E-state index in [4.69, 9.17) is 9.47 Å².